The van der Waals surface area contributed by atoms with Crippen LogP contribution < -0.4 is 0 Å². The highest BCUT2D eigenvalue weighted by atomic mass is 35.5. The van der Waals surface area contributed by atoms with Gasteiger partial charge in [-0.15, -0.1) is 5.10 Å². The monoisotopic (exact) mass is 301 g/mol. The van der Waals surface area contributed by atoms with Gasteiger partial charge in [0.1, 0.15) is 12.0 Å². The number of nitrogens with zero attached hydrogens (tertiary/aromatic N) is 5. The lowest BCUT2D eigenvalue weighted by Gasteiger charge is -2.08. The van der Waals surface area contributed by atoms with Crippen molar-refractivity contribution in [3.05, 3.63) is 58.9 Å². The summed E-state index contributed by atoms with van der Waals surface area (Å²) in [5.41, 5.74) is 3.21. The predicted octanol–water partition coefficient (Wildman–Crippen LogP) is 2.29. The van der Waals surface area contributed by atoms with Crippen LogP contribution in [0.5, 0.6) is 0 Å². The summed E-state index contributed by atoms with van der Waals surface area (Å²) >= 11 is 6.15. The fourth-order valence-electron chi connectivity index (χ4n) is 2.02. The van der Waals surface area contributed by atoms with Crippen LogP contribution in [0.25, 0.3) is 5.69 Å². The van der Waals surface area contributed by atoms with Crippen molar-refractivity contribution >= 4 is 17.9 Å². The fraction of sp³-hybridized carbons (Fsp3) is 0.143. The van der Waals surface area contributed by atoms with E-state index in [4.69, 9.17) is 11.6 Å². The Balaban J connectivity index is 1.96. The van der Waals surface area contributed by atoms with Crippen molar-refractivity contribution in [3.8, 4) is 5.69 Å². The van der Waals surface area contributed by atoms with E-state index in [1.54, 1.807) is 17.2 Å². The van der Waals surface area contributed by atoms with Crippen molar-refractivity contribution in [1.29, 1.82) is 0 Å². The predicted molar refractivity (Wildman–Crippen MR) is 77.8 cm³/mol. The number of rotatable bonds is 4. The normalized spacial score (nSPS) is 10.8. The van der Waals surface area contributed by atoms with Crippen molar-refractivity contribution in [2.24, 2.45) is 0 Å². The summed E-state index contributed by atoms with van der Waals surface area (Å²) in [6, 6.07) is 8.03. The van der Waals surface area contributed by atoms with Crippen LogP contribution in [-0.2, 0) is 6.54 Å². The molecular formula is C14H12ClN5O. The first-order valence-electron chi connectivity index (χ1n) is 6.31. The average molecular weight is 302 g/mol. The van der Waals surface area contributed by atoms with Gasteiger partial charge in [0, 0.05) is 5.69 Å². The summed E-state index contributed by atoms with van der Waals surface area (Å²) in [5.74, 6) is 0. The van der Waals surface area contributed by atoms with Gasteiger partial charge >= 0.3 is 0 Å². The number of carbonyl (C=O) groups is 1. The SMILES string of the molecule is Cc1ccc(-n2cnc(Cl)c2Cn2cc(C=O)nn2)cc1. The maximum atomic E-state index is 10.7. The fourth-order valence-corrected chi connectivity index (χ4v) is 2.21. The Labute approximate surface area is 126 Å². The van der Waals surface area contributed by atoms with E-state index in [2.05, 4.69) is 15.3 Å². The van der Waals surface area contributed by atoms with E-state index in [0.717, 1.165) is 11.4 Å². The molecule has 0 unspecified atom stereocenters. The summed E-state index contributed by atoms with van der Waals surface area (Å²) in [7, 11) is 0. The second-order valence-electron chi connectivity index (χ2n) is 4.65. The number of aromatic nitrogens is 5. The lowest BCUT2D eigenvalue weighted by Crippen LogP contribution is -2.07. The number of aldehydes is 1. The summed E-state index contributed by atoms with van der Waals surface area (Å²) in [4.78, 5) is 14.8. The lowest BCUT2D eigenvalue weighted by atomic mass is 10.2. The number of hydrogen-bond acceptors (Lipinski definition) is 4. The summed E-state index contributed by atoms with van der Waals surface area (Å²) in [6.45, 7) is 2.41. The van der Waals surface area contributed by atoms with Crippen LogP contribution in [0.4, 0.5) is 0 Å². The average Bonchev–Trinajstić information content (AvgIpc) is 3.08. The van der Waals surface area contributed by atoms with E-state index in [1.165, 1.54) is 5.56 Å². The molecule has 6 nitrogen and oxygen atoms in total. The number of aryl methyl sites for hydroxylation is 1. The van der Waals surface area contributed by atoms with Crippen LogP contribution in [0.15, 0.2) is 36.8 Å². The second-order valence-corrected chi connectivity index (χ2v) is 5.00. The molecule has 0 aliphatic heterocycles. The molecule has 0 aliphatic rings. The first-order chi connectivity index (χ1) is 10.2. The number of halogens is 1. The van der Waals surface area contributed by atoms with Gasteiger partial charge in [-0.2, -0.15) is 0 Å². The molecule has 7 heteroatoms. The molecule has 106 valence electrons. The molecule has 0 amide bonds. The first kappa shape index (κ1) is 13.5. The summed E-state index contributed by atoms with van der Waals surface area (Å²) in [5, 5.41) is 8.02. The summed E-state index contributed by atoms with van der Waals surface area (Å²) < 4.78 is 3.45. The topological polar surface area (TPSA) is 65.6 Å². The smallest absolute Gasteiger partial charge is 0.171 e. The molecule has 1 aromatic carbocycles. The largest absolute Gasteiger partial charge is 0.300 e. The standard InChI is InChI=1S/C14H12ClN5O/c1-10-2-4-12(5-3-10)20-9-16-14(15)13(20)7-19-6-11(8-21)17-18-19/h2-6,8-9H,7H2,1H3. The van der Waals surface area contributed by atoms with Gasteiger partial charge in [-0.1, -0.05) is 34.5 Å². The highest BCUT2D eigenvalue weighted by Gasteiger charge is 2.12. The van der Waals surface area contributed by atoms with Crippen molar-refractivity contribution in [2.45, 2.75) is 13.5 Å². The highest BCUT2D eigenvalue weighted by Crippen LogP contribution is 2.20. The Bertz CT molecular complexity index is 775. The third-order valence-electron chi connectivity index (χ3n) is 3.12. The zero-order valence-corrected chi connectivity index (χ0v) is 12.0. The molecule has 0 aliphatic carbocycles. The third-order valence-corrected chi connectivity index (χ3v) is 3.43. The molecule has 21 heavy (non-hydrogen) atoms. The van der Waals surface area contributed by atoms with E-state index in [0.29, 0.717) is 18.0 Å². The molecule has 2 heterocycles. The molecule has 0 saturated heterocycles. The molecular weight excluding hydrogens is 290 g/mol. The Kier molecular flexibility index (Phi) is 3.53. The quantitative estimate of drug-likeness (QED) is 0.694. The lowest BCUT2D eigenvalue weighted by molar-refractivity contribution is 0.111. The van der Waals surface area contributed by atoms with E-state index in [1.807, 2.05) is 35.8 Å². The molecule has 0 N–H and O–H groups in total. The molecule has 2 aromatic heterocycles. The van der Waals surface area contributed by atoms with Crippen molar-refractivity contribution in [3.63, 3.8) is 0 Å². The minimum Gasteiger partial charge on any atom is -0.300 e. The maximum Gasteiger partial charge on any atom is 0.171 e. The van der Waals surface area contributed by atoms with Gasteiger partial charge < -0.3 is 0 Å². The van der Waals surface area contributed by atoms with Crippen LogP contribution in [0.1, 0.15) is 21.7 Å². The van der Waals surface area contributed by atoms with Crippen molar-refractivity contribution < 1.29 is 4.79 Å². The van der Waals surface area contributed by atoms with E-state index in [9.17, 15) is 4.79 Å². The minimum atomic E-state index is 0.285. The van der Waals surface area contributed by atoms with E-state index < -0.39 is 0 Å². The molecule has 0 spiro atoms. The minimum absolute atomic E-state index is 0.285. The Morgan fingerprint density at radius 2 is 2.05 bits per heavy atom. The molecule has 3 aromatic rings. The molecule has 3 rings (SSSR count). The Morgan fingerprint density at radius 1 is 1.29 bits per heavy atom. The van der Waals surface area contributed by atoms with Gasteiger partial charge in [0.15, 0.2) is 11.4 Å². The molecule has 0 atom stereocenters. The van der Waals surface area contributed by atoms with Gasteiger partial charge in [0.2, 0.25) is 0 Å². The van der Waals surface area contributed by atoms with Crippen LogP contribution >= 0.6 is 11.6 Å². The van der Waals surface area contributed by atoms with E-state index in [-0.39, 0.29) is 5.69 Å². The van der Waals surface area contributed by atoms with Gasteiger partial charge in [0.25, 0.3) is 0 Å². The number of benzene rings is 1. The molecule has 0 bridgehead atoms. The van der Waals surface area contributed by atoms with Crippen molar-refractivity contribution in [2.75, 3.05) is 0 Å². The number of carbonyl (C=O) groups excluding carboxylic acids is 1. The second kappa shape index (κ2) is 5.49. The third kappa shape index (κ3) is 2.71. The zero-order valence-electron chi connectivity index (χ0n) is 11.3. The molecule has 0 saturated carbocycles. The van der Waals surface area contributed by atoms with Crippen LogP contribution in [0.2, 0.25) is 5.15 Å². The van der Waals surface area contributed by atoms with Gasteiger partial charge in [0.05, 0.1) is 18.4 Å². The Hall–Kier alpha value is -2.47. The Morgan fingerprint density at radius 3 is 2.71 bits per heavy atom. The first-order valence-corrected chi connectivity index (χ1v) is 6.69. The number of imidazole rings is 1. The van der Waals surface area contributed by atoms with Gasteiger partial charge in [-0.05, 0) is 19.1 Å². The van der Waals surface area contributed by atoms with E-state index >= 15 is 0 Å². The van der Waals surface area contributed by atoms with Crippen LogP contribution in [-0.4, -0.2) is 30.8 Å². The molecule has 0 radical (unpaired) electrons. The highest BCUT2D eigenvalue weighted by molar-refractivity contribution is 6.30. The molecule has 0 fully saturated rings. The maximum absolute atomic E-state index is 10.7. The van der Waals surface area contributed by atoms with Crippen LogP contribution in [0, 0.1) is 6.92 Å². The van der Waals surface area contributed by atoms with Crippen molar-refractivity contribution in [1.82, 2.24) is 24.5 Å². The summed E-state index contributed by atoms with van der Waals surface area (Å²) in [6.07, 6.45) is 3.89. The number of hydrogen-bond donors (Lipinski definition) is 0. The van der Waals surface area contributed by atoms with Gasteiger partial charge in [-0.25, -0.2) is 9.67 Å². The van der Waals surface area contributed by atoms with Crippen LogP contribution in [0.3, 0.4) is 0 Å². The van der Waals surface area contributed by atoms with Gasteiger partial charge in [-0.3, -0.25) is 9.36 Å². The zero-order chi connectivity index (χ0) is 14.8.